The van der Waals surface area contributed by atoms with Gasteiger partial charge in [0.05, 0.1) is 5.56 Å². The Bertz CT molecular complexity index is 812. The van der Waals surface area contributed by atoms with Crippen LogP contribution in [0.15, 0.2) is 30.7 Å². The monoisotopic (exact) mass is 366 g/mol. The molecule has 1 saturated carbocycles. The first-order valence-corrected chi connectivity index (χ1v) is 10.7. The van der Waals surface area contributed by atoms with Crippen LogP contribution in [0.5, 0.6) is 0 Å². The summed E-state index contributed by atoms with van der Waals surface area (Å²) in [7, 11) is 0. The molecule has 0 N–H and O–H groups in total. The zero-order valence-electron chi connectivity index (χ0n) is 16.1. The SMILES string of the molecule is O=C(c1ccc2nccn2c1)N1CCCC(C2CCCN(CC3CC3)C2)C1. The van der Waals surface area contributed by atoms with Crippen LogP contribution in [0, 0.1) is 17.8 Å². The van der Waals surface area contributed by atoms with Gasteiger partial charge in [0.15, 0.2) is 0 Å². The molecule has 1 amide bonds. The molecule has 2 aromatic heterocycles. The second-order valence-corrected chi connectivity index (χ2v) is 8.87. The summed E-state index contributed by atoms with van der Waals surface area (Å²) >= 11 is 0. The average molecular weight is 367 g/mol. The topological polar surface area (TPSA) is 40.9 Å². The van der Waals surface area contributed by atoms with Crippen LogP contribution in [-0.4, -0.2) is 57.8 Å². The maximum atomic E-state index is 13.1. The molecule has 2 unspecified atom stereocenters. The molecule has 144 valence electrons. The van der Waals surface area contributed by atoms with Crippen LogP contribution in [0.25, 0.3) is 5.65 Å². The number of hydrogen-bond donors (Lipinski definition) is 0. The fourth-order valence-corrected chi connectivity index (χ4v) is 5.12. The fraction of sp³-hybridized carbons (Fsp3) is 0.636. The molecule has 2 saturated heterocycles. The van der Waals surface area contributed by atoms with E-state index < -0.39 is 0 Å². The van der Waals surface area contributed by atoms with E-state index in [4.69, 9.17) is 0 Å². The number of rotatable bonds is 4. The minimum Gasteiger partial charge on any atom is -0.338 e. The summed E-state index contributed by atoms with van der Waals surface area (Å²) in [6, 6.07) is 3.86. The standard InChI is InChI=1S/C22H30N4O/c27-22(20-7-8-21-23-9-12-25(21)16-20)26-11-2-4-19(15-26)18-3-1-10-24(14-18)13-17-5-6-17/h7-9,12,16-19H,1-6,10-11,13-15H2. The van der Waals surface area contributed by atoms with Crippen molar-refractivity contribution in [2.45, 2.75) is 38.5 Å². The molecule has 0 aromatic carbocycles. The van der Waals surface area contributed by atoms with Crippen molar-refractivity contribution in [3.63, 3.8) is 0 Å². The minimum atomic E-state index is 0.181. The highest BCUT2D eigenvalue weighted by Gasteiger charge is 2.34. The lowest BCUT2D eigenvalue weighted by Crippen LogP contribution is -2.46. The molecule has 0 radical (unpaired) electrons. The molecular formula is C22H30N4O. The second-order valence-electron chi connectivity index (χ2n) is 8.87. The number of piperidine rings is 2. The van der Waals surface area contributed by atoms with Gasteiger partial charge in [-0.3, -0.25) is 4.79 Å². The number of amides is 1. The molecule has 5 heteroatoms. The van der Waals surface area contributed by atoms with Crippen LogP contribution in [-0.2, 0) is 0 Å². The summed E-state index contributed by atoms with van der Waals surface area (Å²) < 4.78 is 1.94. The van der Waals surface area contributed by atoms with Crippen LogP contribution >= 0.6 is 0 Å². The number of carbonyl (C=O) groups excluding carboxylic acids is 1. The van der Waals surface area contributed by atoms with E-state index in [1.807, 2.05) is 28.9 Å². The summed E-state index contributed by atoms with van der Waals surface area (Å²) in [4.78, 5) is 22.2. The first-order valence-electron chi connectivity index (χ1n) is 10.7. The third kappa shape index (κ3) is 3.75. The van der Waals surface area contributed by atoms with E-state index in [1.54, 1.807) is 6.20 Å². The van der Waals surface area contributed by atoms with Crippen molar-refractivity contribution in [2.75, 3.05) is 32.7 Å². The lowest BCUT2D eigenvalue weighted by atomic mass is 9.80. The number of hydrogen-bond acceptors (Lipinski definition) is 3. The van der Waals surface area contributed by atoms with Crippen molar-refractivity contribution in [3.8, 4) is 0 Å². The second kappa shape index (κ2) is 7.27. The molecule has 0 bridgehead atoms. The first kappa shape index (κ1) is 17.2. The summed E-state index contributed by atoms with van der Waals surface area (Å²) in [5.41, 5.74) is 1.67. The van der Waals surface area contributed by atoms with Gasteiger partial charge in [-0.2, -0.15) is 0 Å². The van der Waals surface area contributed by atoms with Crippen molar-refractivity contribution in [1.29, 1.82) is 0 Å². The Morgan fingerprint density at radius 2 is 1.85 bits per heavy atom. The van der Waals surface area contributed by atoms with Crippen LogP contribution in [0.1, 0.15) is 48.9 Å². The van der Waals surface area contributed by atoms with Crippen molar-refractivity contribution in [1.82, 2.24) is 19.2 Å². The van der Waals surface area contributed by atoms with Crippen LogP contribution < -0.4 is 0 Å². The van der Waals surface area contributed by atoms with Crippen molar-refractivity contribution in [3.05, 3.63) is 36.3 Å². The predicted octanol–water partition coefficient (Wildman–Crippen LogP) is 3.31. The number of pyridine rings is 1. The van der Waals surface area contributed by atoms with Crippen LogP contribution in [0.2, 0.25) is 0 Å². The van der Waals surface area contributed by atoms with Gasteiger partial charge in [-0.05, 0) is 75.0 Å². The van der Waals surface area contributed by atoms with Gasteiger partial charge < -0.3 is 14.2 Å². The Balaban J connectivity index is 1.25. The van der Waals surface area contributed by atoms with E-state index in [2.05, 4.69) is 14.8 Å². The van der Waals surface area contributed by atoms with Gasteiger partial charge in [0, 0.05) is 44.8 Å². The van der Waals surface area contributed by atoms with Gasteiger partial charge in [0.1, 0.15) is 5.65 Å². The number of imidazole rings is 1. The zero-order chi connectivity index (χ0) is 18.2. The minimum absolute atomic E-state index is 0.181. The van der Waals surface area contributed by atoms with Gasteiger partial charge in [-0.1, -0.05) is 0 Å². The maximum absolute atomic E-state index is 13.1. The molecule has 27 heavy (non-hydrogen) atoms. The Kier molecular flexibility index (Phi) is 4.64. The maximum Gasteiger partial charge on any atom is 0.255 e. The Morgan fingerprint density at radius 3 is 2.70 bits per heavy atom. The number of fused-ring (bicyclic) bond motifs is 1. The molecule has 5 rings (SSSR count). The quantitative estimate of drug-likeness (QED) is 0.834. The smallest absolute Gasteiger partial charge is 0.255 e. The molecule has 2 aliphatic heterocycles. The summed E-state index contributed by atoms with van der Waals surface area (Å²) in [5.74, 6) is 2.60. The van der Waals surface area contributed by atoms with E-state index in [9.17, 15) is 4.79 Å². The highest BCUT2D eigenvalue weighted by Crippen LogP contribution is 2.34. The van der Waals surface area contributed by atoms with E-state index in [-0.39, 0.29) is 5.91 Å². The summed E-state index contributed by atoms with van der Waals surface area (Å²) in [6.07, 6.45) is 13.6. The van der Waals surface area contributed by atoms with Gasteiger partial charge in [0.25, 0.3) is 5.91 Å². The third-order valence-electron chi connectivity index (χ3n) is 6.80. The molecule has 0 spiro atoms. The van der Waals surface area contributed by atoms with Crippen LogP contribution in [0.3, 0.4) is 0 Å². The fourth-order valence-electron chi connectivity index (χ4n) is 5.12. The molecule has 2 aromatic rings. The Hall–Kier alpha value is -1.88. The number of carbonyl (C=O) groups is 1. The third-order valence-corrected chi connectivity index (χ3v) is 6.80. The molecule has 5 nitrogen and oxygen atoms in total. The van der Waals surface area contributed by atoms with Crippen molar-refractivity contribution >= 4 is 11.6 Å². The molecule has 3 aliphatic rings. The van der Waals surface area contributed by atoms with Gasteiger partial charge in [-0.25, -0.2) is 4.98 Å². The van der Waals surface area contributed by atoms with Crippen molar-refractivity contribution < 1.29 is 4.79 Å². The Labute approximate surface area is 161 Å². The molecule has 4 heterocycles. The Morgan fingerprint density at radius 1 is 1.04 bits per heavy atom. The highest BCUT2D eigenvalue weighted by atomic mass is 16.2. The number of aromatic nitrogens is 2. The molecule has 2 atom stereocenters. The number of nitrogens with zero attached hydrogens (tertiary/aromatic N) is 4. The van der Waals surface area contributed by atoms with E-state index in [0.29, 0.717) is 5.92 Å². The normalized spacial score (nSPS) is 27.2. The van der Waals surface area contributed by atoms with Crippen molar-refractivity contribution in [2.24, 2.45) is 17.8 Å². The van der Waals surface area contributed by atoms with Gasteiger partial charge >= 0.3 is 0 Å². The predicted molar refractivity (Wildman–Crippen MR) is 106 cm³/mol. The first-order chi connectivity index (χ1) is 13.3. The lowest BCUT2D eigenvalue weighted by molar-refractivity contribution is 0.0526. The van der Waals surface area contributed by atoms with E-state index in [0.717, 1.165) is 42.6 Å². The summed E-state index contributed by atoms with van der Waals surface area (Å²) in [5, 5.41) is 0. The van der Waals surface area contributed by atoms with E-state index >= 15 is 0 Å². The lowest BCUT2D eigenvalue weighted by Gasteiger charge is -2.41. The van der Waals surface area contributed by atoms with E-state index in [1.165, 1.54) is 51.7 Å². The summed E-state index contributed by atoms with van der Waals surface area (Å²) in [6.45, 7) is 5.69. The highest BCUT2D eigenvalue weighted by molar-refractivity contribution is 5.94. The van der Waals surface area contributed by atoms with Crippen LogP contribution in [0.4, 0.5) is 0 Å². The van der Waals surface area contributed by atoms with Gasteiger partial charge in [-0.15, -0.1) is 0 Å². The van der Waals surface area contributed by atoms with Gasteiger partial charge in [0.2, 0.25) is 0 Å². The molecule has 1 aliphatic carbocycles. The average Bonchev–Trinajstić information content (AvgIpc) is 3.40. The molecular weight excluding hydrogens is 336 g/mol. The number of likely N-dealkylation sites (tertiary alicyclic amines) is 2. The zero-order valence-corrected chi connectivity index (χ0v) is 16.1. The largest absolute Gasteiger partial charge is 0.338 e. The molecule has 3 fully saturated rings.